The third kappa shape index (κ3) is 3.34. The molecular formula is C17H17Cl2NO. The van der Waals surface area contributed by atoms with Crippen LogP contribution in [0.25, 0.3) is 0 Å². The highest BCUT2D eigenvalue weighted by molar-refractivity contribution is 6.35. The molecule has 110 valence electrons. The van der Waals surface area contributed by atoms with E-state index in [-0.39, 0.29) is 6.04 Å². The highest BCUT2D eigenvalue weighted by atomic mass is 35.5. The summed E-state index contributed by atoms with van der Waals surface area (Å²) in [5.74, 6) is 1.02. The number of aryl methyl sites for hydroxylation is 1. The van der Waals surface area contributed by atoms with Gasteiger partial charge in [0.25, 0.3) is 0 Å². The Morgan fingerprint density at radius 2 is 2.00 bits per heavy atom. The fraction of sp³-hybridized carbons (Fsp3) is 0.294. The average molecular weight is 322 g/mol. The van der Waals surface area contributed by atoms with Crippen molar-refractivity contribution in [3.8, 4) is 5.75 Å². The Bertz CT molecular complexity index is 657. The molecule has 0 aromatic heterocycles. The maximum atomic E-state index is 6.25. The first kappa shape index (κ1) is 14.7. The molecule has 2 aromatic rings. The SMILES string of the molecule is NC(CCc1ccc2c(c1)CCO2)c1ccc(Cl)cc1Cl. The zero-order chi connectivity index (χ0) is 14.8. The molecule has 21 heavy (non-hydrogen) atoms. The van der Waals surface area contributed by atoms with Gasteiger partial charge in [-0.3, -0.25) is 0 Å². The molecule has 2 aromatic carbocycles. The van der Waals surface area contributed by atoms with Gasteiger partial charge in [0.15, 0.2) is 0 Å². The maximum Gasteiger partial charge on any atom is 0.122 e. The number of hydrogen-bond acceptors (Lipinski definition) is 2. The van der Waals surface area contributed by atoms with E-state index in [2.05, 4.69) is 18.2 Å². The molecule has 0 spiro atoms. The van der Waals surface area contributed by atoms with Crippen molar-refractivity contribution in [2.75, 3.05) is 6.61 Å². The molecule has 0 saturated heterocycles. The minimum absolute atomic E-state index is 0.0840. The molecular weight excluding hydrogens is 305 g/mol. The molecule has 4 heteroatoms. The number of benzene rings is 2. The Labute approximate surface area is 134 Å². The first-order chi connectivity index (χ1) is 10.1. The van der Waals surface area contributed by atoms with Gasteiger partial charge in [-0.2, -0.15) is 0 Å². The van der Waals surface area contributed by atoms with Gasteiger partial charge >= 0.3 is 0 Å². The first-order valence-electron chi connectivity index (χ1n) is 7.08. The molecule has 1 heterocycles. The Hall–Kier alpha value is -1.22. The van der Waals surface area contributed by atoms with Gasteiger partial charge in [-0.1, -0.05) is 41.4 Å². The molecule has 0 bridgehead atoms. The summed E-state index contributed by atoms with van der Waals surface area (Å²) in [4.78, 5) is 0. The van der Waals surface area contributed by atoms with E-state index in [0.29, 0.717) is 10.0 Å². The van der Waals surface area contributed by atoms with E-state index in [4.69, 9.17) is 33.7 Å². The van der Waals surface area contributed by atoms with E-state index >= 15 is 0 Å². The van der Waals surface area contributed by atoms with Crippen molar-refractivity contribution in [2.24, 2.45) is 5.73 Å². The smallest absolute Gasteiger partial charge is 0.122 e. The highest BCUT2D eigenvalue weighted by Crippen LogP contribution is 2.29. The van der Waals surface area contributed by atoms with E-state index in [9.17, 15) is 0 Å². The largest absolute Gasteiger partial charge is 0.493 e. The number of ether oxygens (including phenoxy) is 1. The zero-order valence-electron chi connectivity index (χ0n) is 11.6. The van der Waals surface area contributed by atoms with E-state index < -0.39 is 0 Å². The van der Waals surface area contributed by atoms with Crippen LogP contribution in [0.5, 0.6) is 5.75 Å². The molecule has 1 unspecified atom stereocenters. The predicted molar refractivity (Wildman–Crippen MR) is 87.4 cm³/mol. The topological polar surface area (TPSA) is 35.2 Å². The van der Waals surface area contributed by atoms with Gasteiger partial charge in [0.2, 0.25) is 0 Å². The maximum absolute atomic E-state index is 6.25. The monoisotopic (exact) mass is 321 g/mol. The molecule has 2 N–H and O–H groups in total. The van der Waals surface area contributed by atoms with Crippen LogP contribution in [0.1, 0.15) is 29.2 Å². The van der Waals surface area contributed by atoms with E-state index in [0.717, 1.165) is 37.2 Å². The van der Waals surface area contributed by atoms with Crippen LogP contribution in [-0.4, -0.2) is 6.61 Å². The zero-order valence-corrected chi connectivity index (χ0v) is 13.1. The number of fused-ring (bicyclic) bond motifs is 1. The molecule has 1 aliphatic heterocycles. The van der Waals surface area contributed by atoms with Gasteiger partial charge in [-0.15, -0.1) is 0 Å². The number of hydrogen-bond donors (Lipinski definition) is 1. The Kier molecular flexibility index (Phi) is 4.39. The fourth-order valence-corrected chi connectivity index (χ4v) is 3.22. The van der Waals surface area contributed by atoms with Crippen LogP contribution in [0.3, 0.4) is 0 Å². The predicted octanol–water partition coefficient (Wildman–Crippen LogP) is 4.56. The summed E-state index contributed by atoms with van der Waals surface area (Å²) in [5.41, 5.74) is 9.79. The molecule has 0 amide bonds. The van der Waals surface area contributed by atoms with Gasteiger partial charge in [-0.05, 0) is 47.7 Å². The molecule has 0 radical (unpaired) electrons. The second-order valence-corrected chi connectivity index (χ2v) is 6.20. The summed E-state index contributed by atoms with van der Waals surface area (Å²) in [7, 11) is 0. The minimum atomic E-state index is -0.0840. The molecule has 0 aliphatic carbocycles. The van der Waals surface area contributed by atoms with Crippen molar-refractivity contribution in [2.45, 2.75) is 25.3 Å². The highest BCUT2D eigenvalue weighted by Gasteiger charge is 2.14. The first-order valence-corrected chi connectivity index (χ1v) is 7.84. The van der Waals surface area contributed by atoms with Crippen LogP contribution < -0.4 is 10.5 Å². The van der Waals surface area contributed by atoms with Crippen LogP contribution in [0.4, 0.5) is 0 Å². The Morgan fingerprint density at radius 1 is 1.14 bits per heavy atom. The lowest BCUT2D eigenvalue weighted by Crippen LogP contribution is -2.12. The normalized spacial score (nSPS) is 14.6. The summed E-state index contributed by atoms with van der Waals surface area (Å²) in [6.45, 7) is 0.790. The molecule has 3 rings (SSSR count). The van der Waals surface area contributed by atoms with Gasteiger partial charge in [0, 0.05) is 22.5 Å². The third-order valence-electron chi connectivity index (χ3n) is 3.86. The lowest BCUT2D eigenvalue weighted by molar-refractivity contribution is 0.357. The molecule has 0 saturated carbocycles. The van der Waals surface area contributed by atoms with Crippen LogP contribution in [0, 0.1) is 0 Å². The second-order valence-electron chi connectivity index (χ2n) is 5.35. The van der Waals surface area contributed by atoms with Gasteiger partial charge in [0.05, 0.1) is 6.61 Å². The number of nitrogens with two attached hydrogens (primary N) is 1. The molecule has 2 nitrogen and oxygen atoms in total. The van der Waals surface area contributed by atoms with Crippen LogP contribution in [0.2, 0.25) is 10.0 Å². The Morgan fingerprint density at radius 3 is 2.81 bits per heavy atom. The number of halogens is 2. The van der Waals surface area contributed by atoms with Crippen molar-refractivity contribution in [3.63, 3.8) is 0 Å². The van der Waals surface area contributed by atoms with Crippen molar-refractivity contribution in [3.05, 3.63) is 63.1 Å². The lowest BCUT2D eigenvalue weighted by Gasteiger charge is -2.14. The average Bonchev–Trinajstić information content (AvgIpc) is 2.92. The minimum Gasteiger partial charge on any atom is -0.493 e. The van der Waals surface area contributed by atoms with Crippen LogP contribution in [0.15, 0.2) is 36.4 Å². The molecule has 1 atom stereocenters. The molecule has 0 fully saturated rings. The van der Waals surface area contributed by atoms with E-state index in [1.165, 1.54) is 11.1 Å². The summed E-state index contributed by atoms with van der Waals surface area (Å²) in [5, 5.41) is 1.27. The summed E-state index contributed by atoms with van der Waals surface area (Å²) in [6, 6.07) is 11.8. The summed E-state index contributed by atoms with van der Waals surface area (Å²) in [6.07, 6.45) is 2.77. The quantitative estimate of drug-likeness (QED) is 0.895. The number of rotatable bonds is 4. The van der Waals surface area contributed by atoms with Crippen LogP contribution >= 0.6 is 23.2 Å². The summed E-state index contributed by atoms with van der Waals surface area (Å²) >= 11 is 12.1. The van der Waals surface area contributed by atoms with Crippen LogP contribution in [-0.2, 0) is 12.8 Å². The van der Waals surface area contributed by atoms with Gasteiger partial charge in [0.1, 0.15) is 5.75 Å². The van der Waals surface area contributed by atoms with E-state index in [1.807, 2.05) is 12.1 Å². The fourth-order valence-electron chi connectivity index (χ4n) is 2.68. The Balaban J connectivity index is 1.67. The van der Waals surface area contributed by atoms with Crippen molar-refractivity contribution >= 4 is 23.2 Å². The van der Waals surface area contributed by atoms with Gasteiger partial charge < -0.3 is 10.5 Å². The van der Waals surface area contributed by atoms with Crippen molar-refractivity contribution < 1.29 is 4.74 Å². The van der Waals surface area contributed by atoms with Crippen molar-refractivity contribution in [1.29, 1.82) is 0 Å². The summed E-state index contributed by atoms with van der Waals surface area (Å²) < 4.78 is 5.52. The third-order valence-corrected chi connectivity index (χ3v) is 4.42. The molecule has 1 aliphatic rings. The van der Waals surface area contributed by atoms with Gasteiger partial charge in [-0.25, -0.2) is 0 Å². The van der Waals surface area contributed by atoms with E-state index in [1.54, 1.807) is 6.07 Å². The second kappa shape index (κ2) is 6.27. The van der Waals surface area contributed by atoms with Crippen molar-refractivity contribution in [1.82, 2.24) is 0 Å². The standard InChI is InChI=1S/C17H17Cl2NO/c18-13-3-4-14(15(19)10-13)16(20)5-1-11-2-6-17-12(9-11)7-8-21-17/h2-4,6,9-10,16H,1,5,7-8,20H2. The lowest BCUT2D eigenvalue weighted by atomic mass is 9.98.